The first-order valence-electron chi connectivity index (χ1n) is 7.14. The number of amides is 1. The van der Waals surface area contributed by atoms with Crippen molar-refractivity contribution in [2.75, 3.05) is 0 Å². The van der Waals surface area contributed by atoms with Crippen molar-refractivity contribution in [1.82, 2.24) is 5.32 Å². The molecule has 3 heteroatoms. The number of carbonyl (C=O) groups excluding carboxylic acids is 1. The van der Waals surface area contributed by atoms with Gasteiger partial charge in [0.05, 0.1) is 6.04 Å². The van der Waals surface area contributed by atoms with Crippen molar-refractivity contribution in [3.63, 3.8) is 0 Å². The van der Waals surface area contributed by atoms with Crippen LogP contribution in [0.25, 0.3) is 0 Å². The van der Waals surface area contributed by atoms with Gasteiger partial charge in [0, 0.05) is 12.0 Å². The molecule has 1 aliphatic carbocycles. The van der Waals surface area contributed by atoms with Gasteiger partial charge in [-0.05, 0) is 37.8 Å². The third kappa shape index (κ3) is 3.57. The summed E-state index contributed by atoms with van der Waals surface area (Å²) in [6, 6.07) is 8.19. The fourth-order valence-corrected chi connectivity index (χ4v) is 3.02. The van der Waals surface area contributed by atoms with Crippen molar-refractivity contribution in [1.29, 1.82) is 0 Å². The molecule has 1 saturated carbocycles. The number of benzene rings is 1. The number of hydrogen-bond acceptors (Lipinski definition) is 2. The zero-order valence-corrected chi connectivity index (χ0v) is 11.9. The van der Waals surface area contributed by atoms with Crippen molar-refractivity contribution in [2.24, 2.45) is 5.73 Å². The zero-order chi connectivity index (χ0) is 13.9. The molecule has 0 spiro atoms. The van der Waals surface area contributed by atoms with Gasteiger partial charge in [-0.2, -0.15) is 0 Å². The maximum absolute atomic E-state index is 12.1. The Morgan fingerprint density at radius 2 is 2.00 bits per heavy atom. The molecule has 0 saturated heterocycles. The van der Waals surface area contributed by atoms with Crippen LogP contribution in [0, 0.1) is 6.92 Å². The Hall–Kier alpha value is -1.35. The Morgan fingerprint density at radius 3 is 2.63 bits per heavy atom. The number of carbonyl (C=O) groups is 1. The molecule has 1 amide bonds. The molecule has 104 valence electrons. The summed E-state index contributed by atoms with van der Waals surface area (Å²) in [6.45, 7) is 4.09. The Labute approximate surface area is 115 Å². The van der Waals surface area contributed by atoms with Gasteiger partial charge in [-0.25, -0.2) is 0 Å². The standard InChI is InChI=1S/C16H24N2O/c1-12-7-3-4-8-14(12)13(2)18-15(19)11-16(17)9-5-6-10-16/h3-4,7-8,13H,5-6,9-11,17H2,1-2H3,(H,18,19). The summed E-state index contributed by atoms with van der Waals surface area (Å²) in [5.74, 6) is 0.0696. The highest BCUT2D eigenvalue weighted by Gasteiger charge is 2.32. The number of rotatable bonds is 4. The van der Waals surface area contributed by atoms with Crippen LogP contribution >= 0.6 is 0 Å². The van der Waals surface area contributed by atoms with E-state index in [0.717, 1.165) is 25.7 Å². The monoisotopic (exact) mass is 260 g/mol. The van der Waals surface area contributed by atoms with Crippen LogP contribution in [0.1, 0.15) is 56.2 Å². The number of nitrogens with one attached hydrogen (secondary N) is 1. The van der Waals surface area contributed by atoms with E-state index < -0.39 is 0 Å². The molecule has 2 rings (SSSR count). The van der Waals surface area contributed by atoms with Crippen LogP contribution in [-0.4, -0.2) is 11.4 Å². The predicted octanol–water partition coefficient (Wildman–Crippen LogP) is 2.83. The van der Waals surface area contributed by atoms with E-state index in [-0.39, 0.29) is 17.5 Å². The second-order valence-corrected chi connectivity index (χ2v) is 5.89. The molecule has 0 heterocycles. The lowest BCUT2D eigenvalue weighted by Gasteiger charge is -2.24. The first-order chi connectivity index (χ1) is 9.00. The molecule has 3 N–H and O–H groups in total. The fraction of sp³-hybridized carbons (Fsp3) is 0.562. The van der Waals surface area contributed by atoms with Crippen LogP contribution in [0.5, 0.6) is 0 Å². The molecule has 0 bridgehead atoms. The summed E-state index contributed by atoms with van der Waals surface area (Å²) >= 11 is 0. The maximum atomic E-state index is 12.1. The van der Waals surface area contributed by atoms with Crippen LogP contribution < -0.4 is 11.1 Å². The highest BCUT2D eigenvalue weighted by Crippen LogP contribution is 2.30. The number of hydrogen-bond donors (Lipinski definition) is 2. The minimum atomic E-state index is -0.268. The van der Waals surface area contributed by atoms with Crippen LogP contribution in [-0.2, 0) is 4.79 Å². The molecule has 1 fully saturated rings. The van der Waals surface area contributed by atoms with Gasteiger partial charge in [0.15, 0.2) is 0 Å². The van der Waals surface area contributed by atoms with Crippen molar-refractivity contribution < 1.29 is 4.79 Å². The van der Waals surface area contributed by atoms with Crippen LogP contribution in [0.3, 0.4) is 0 Å². The zero-order valence-electron chi connectivity index (χ0n) is 11.9. The summed E-state index contributed by atoms with van der Waals surface area (Å²) in [7, 11) is 0. The average molecular weight is 260 g/mol. The van der Waals surface area contributed by atoms with Crippen molar-refractivity contribution >= 4 is 5.91 Å². The Morgan fingerprint density at radius 1 is 1.37 bits per heavy atom. The lowest BCUT2D eigenvalue weighted by Crippen LogP contribution is -2.42. The fourth-order valence-electron chi connectivity index (χ4n) is 3.02. The Balaban J connectivity index is 1.94. The van der Waals surface area contributed by atoms with E-state index >= 15 is 0 Å². The first kappa shape index (κ1) is 14.1. The van der Waals surface area contributed by atoms with Gasteiger partial charge in [0.1, 0.15) is 0 Å². The molecule has 1 atom stereocenters. The minimum Gasteiger partial charge on any atom is -0.350 e. The first-order valence-corrected chi connectivity index (χ1v) is 7.14. The molecule has 1 unspecified atom stereocenters. The summed E-state index contributed by atoms with van der Waals surface area (Å²) in [5.41, 5.74) is 8.36. The minimum absolute atomic E-state index is 0.0405. The highest BCUT2D eigenvalue weighted by atomic mass is 16.1. The largest absolute Gasteiger partial charge is 0.350 e. The molecular weight excluding hydrogens is 236 g/mol. The Kier molecular flexibility index (Phi) is 4.25. The second-order valence-electron chi connectivity index (χ2n) is 5.89. The Bertz CT molecular complexity index is 450. The van der Waals surface area contributed by atoms with E-state index in [1.807, 2.05) is 19.1 Å². The smallest absolute Gasteiger partial charge is 0.222 e. The van der Waals surface area contributed by atoms with Gasteiger partial charge in [0.2, 0.25) is 5.91 Å². The molecule has 3 nitrogen and oxygen atoms in total. The van der Waals surface area contributed by atoms with E-state index in [2.05, 4.69) is 24.4 Å². The van der Waals surface area contributed by atoms with Crippen molar-refractivity contribution in [2.45, 2.75) is 57.5 Å². The van der Waals surface area contributed by atoms with Crippen LogP contribution in [0.2, 0.25) is 0 Å². The molecule has 19 heavy (non-hydrogen) atoms. The average Bonchev–Trinajstić information content (AvgIpc) is 2.75. The summed E-state index contributed by atoms with van der Waals surface area (Å²) < 4.78 is 0. The van der Waals surface area contributed by atoms with E-state index in [4.69, 9.17) is 5.73 Å². The van der Waals surface area contributed by atoms with Gasteiger partial charge in [-0.15, -0.1) is 0 Å². The lowest BCUT2D eigenvalue weighted by molar-refractivity contribution is -0.122. The van der Waals surface area contributed by atoms with Crippen molar-refractivity contribution in [3.05, 3.63) is 35.4 Å². The van der Waals surface area contributed by atoms with E-state index in [9.17, 15) is 4.79 Å². The molecule has 1 aromatic carbocycles. The molecule has 1 aliphatic rings. The summed E-state index contributed by atoms with van der Waals surface area (Å²) in [4.78, 5) is 12.1. The van der Waals surface area contributed by atoms with E-state index in [1.54, 1.807) is 0 Å². The topological polar surface area (TPSA) is 55.1 Å². The molecule has 0 radical (unpaired) electrons. The van der Waals surface area contributed by atoms with E-state index in [1.165, 1.54) is 11.1 Å². The van der Waals surface area contributed by atoms with Gasteiger partial charge in [-0.1, -0.05) is 37.1 Å². The number of aryl methyl sites for hydroxylation is 1. The van der Waals surface area contributed by atoms with Gasteiger partial charge < -0.3 is 11.1 Å². The quantitative estimate of drug-likeness (QED) is 0.874. The molecule has 0 aromatic heterocycles. The van der Waals surface area contributed by atoms with Gasteiger partial charge in [0.25, 0.3) is 0 Å². The van der Waals surface area contributed by atoms with E-state index in [0.29, 0.717) is 6.42 Å². The summed E-state index contributed by atoms with van der Waals surface area (Å²) in [6.07, 6.45) is 4.69. The van der Waals surface area contributed by atoms with Crippen LogP contribution in [0.15, 0.2) is 24.3 Å². The normalized spacial score (nSPS) is 19.1. The SMILES string of the molecule is Cc1ccccc1C(C)NC(=O)CC1(N)CCCC1. The van der Waals surface area contributed by atoms with Crippen molar-refractivity contribution in [3.8, 4) is 0 Å². The molecular formula is C16H24N2O. The third-order valence-corrected chi connectivity index (χ3v) is 4.14. The molecule has 0 aliphatic heterocycles. The van der Waals surface area contributed by atoms with Gasteiger partial charge in [-0.3, -0.25) is 4.79 Å². The van der Waals surface area contributed by atoms with Crippen LogP contribution in [0.4, 0.5) is 0 Å². The summed E-state index contributed by atoms with van der Waals surface area (Å²) in [5, 5.41) is 3.07. The maximum Gasteiger partial charge on any atom is 0.222 e. The highest BCUT2D eigenvalue weighted by molar-refractivity contribution is 5.77. The number of nitrogens with two attached hydrogens (primary N) is 1. The molecule has 1 aromatic rings. The third-order valence-electron chi connectivity index (χ3n) is 4.14. The predicted molar refractivity (Wildman–Crippen MR) is 77.7 cm³/mol. The van der Waals surface area contributed by atoms with Gasteiger partial charge >= 0.3 is 0 Å². The second kappa shape index (κ2) is 5.74. The lowest BCUT2D eigenvalue weighted by atomic mass is 9.94.